The second kappa shape index (κ2) is 12.1. The first kappa shape index (κ1) is 25.1. The molecule has 35 heavy (non-hydrogen) atoms. The number of anilines is 1. The standard InChI is InChI=1S/C31H40N2O2/c1-4-17-32-18-16-23-6-8-24(9-7-23)22-33(5-2)31-21-29(35-3)14-15-30(31)27-11-10-26-20-28(34)13-12-25(26)19-27/h6-9,12-15,20-21,27,32,34H,4-5,10-11,16-19,22H2,1-3H3. The molecule has 0 aliphatic heterocycles. The van der Waals surface area contributed by atoms with E-state index in [0.29, 0.717) is 11.7 Å². The summed E-state index contributed by atoms with van der Waals surface area (Å²) in [5, 5.41) is 13.4. The molecule has 0 bridgehead atoms. The molecule has 0 spiro atoms. The Balaban J connectivity index is 1.53. The third kappa shape index (κ3) is 6.37. The van der Waals surface area contributed by atoms with Gasteiger partial charge in [0.05, 0.1) is 7.11 Å². The van der Waals surface area contributed by atoms with Crippen LogP contribution in [0, 0.1) is 0 Å². The number of hydrogen-bond donors (Lipinski definition) is 2. The summed E-state index contributed by atoms with van der Waals surface area (Å²) in [4.78, 5) is 2.47. The summed E-state index contributed by atoms with van der Waals surface area (Å²) in [5.74, 6) is 1.73. The van der Waals surface area contributed by atoms with Crippen molar-refractivity contribution in [3.63, 3.8) is 0 Å². The molecule has 0 aromatic heterocycles. The van der Waals surface area contributed by atoms with Gasteiger partial charge >= 0.3 is 0 Å². The van der Waals surface area contributed by atoms with Gasteiger partial charge in [0.1, 0.15) is 11.5 Å². The zero-order valence-corrected chi connectivity index (χ0v) is 21.5. The predicted octanol–water partition coefficient (Wildman–Crippen LogP) is 6.24. The summed E-state index contributed by atoms with van der Waals surface area (Å²) in [7, 11) is 1.74. The zero-order chi connectivity index (χ0) is 24.6. The molecule has 1 atom stereocenters. The van der Waals surface area contributed by atoms with E-state index in [0.717, 1.165) is 57.6 Å². The number of hydrogen-bond acceptors (Lipinski definition) is 4. The van der Waals surface area contributed by atoms with Crippen molar-refractivity contribution in [3.8, 4) is 11.5 Å². The second-order valence-corrected chi connectivity index (χ2v) is 9.65. The molecule has 4 nitrogen and oxygen atoms in total. The molecule has 1 aliphatic carbocycles. The molecular formula is C31H40N2O2. The Bertz CT molecular complexity index is 1090. The van der Waals surface area contributed by atoms with Crippen molar-refractivity contribution in [1.82, 2.24) is 5.32 Å². The van der Waals surface area contributed by atoms with Gasteiger partial charge in [-0.25, -0.2) is 0 Å². The molecule has 3 aromatic rings. The first-order valence-corrected chi connectivity index (χ1v) is 13.1. The number of phenolic OH excluding ortho intramolecular Hbond substituents is 1. The van der Waals surface area contributed by atoms with E-state index in [2.05, 4.69) is 72.6 Å². The Hall–Kier alpha value is -2.98. The molecule has 0 heterocycles. The summed E-state index contributed by atoms with van der Waals surface area (Å²) in [5.41, 5.74) is 8.02. The van der Waals surface area contributed by atoms with Gasteiger partial charge in [0, 0.05) is 24.8 Å². The van der Waals surface area contributed by atoms with Gasteiger partial charge < -0.3 is 20.1 Å². The van der Waals surface area contributed by atoms with Crippen LogP contribution in [-0.2, 0) is 25.8 Å². The van der Waals surface area contributed by atoms with Crippen LogP contribution < -0.4 is 15.0 Å². The van der Waals surface area contributed by atoms with Crippen molar-refractivity contribution in [1.29, 1.82) is 0 Å². The smallest absolute Gasteiger partial charge is 0.120 e. The van der Waals surface area contributed by atoms with Crippen LogP contribution in [0.1, 0.15) is 60.4 Å². The van der Waals surface area contributed by atoms with E-state index in [1.165, 1.54) is 39.9 Å². The van der Waals surface area contributed by atoms with E-state index in [1.807, 2.05) is 12.1 Å². The topological polar surface area (TPSA) is 44.7 Å². The minimum absolute atomic E-state index is 0.368. The summed E-state index contributed by atoms with van der Waals surface area (Å²) >= 11 is 0. The molecular weight excluding hydrogens is 432 g/mol. The van der Waals surface area contributed by atoms with Crippen molar-refractivity contribution in [2.24, 2.45) is 0 Å². The zero-order valence-electron chi connectivity index (χ0n) is 21.5. The highest BCUT2D eigenvalue weighted by molar-refractivity contribution is 5.60. The largest absolute Gasteiger partial charge is 0.508 e. The van der Waals surface area contributed by atoms with Gasteiger partial charge in [0.2, 0.25) is 0 Å². The number of nitrogens with zero attached hydrogens (tertiary/aromatic N) is 1. The molecule has 0 amide bonds. The molecule has 4 heteroatoms. The van der Waals surface area contributed by atoms with Gasteiger partial charge in [-0.3, -0.25) is 0 Å². The van der Waals surface area contributed by atoms with Gasteiger partial charge in [-0.15, -0.1) is 0 Å². The fraction of sp³-hybridized carbons (Fsp3) is 0.419. The van der Waals surface area contributed by atoms with Crippen molar-refractivity contribution in [3.05, 3.63) is 88.5 Å². The number of aromatic hydroxyl groups is 1. The minimum Gasteiger partial charge on any atom is -0.508 e. The average molecular weight is 473 g/mol. The lowest BCUT2D eigenvalue weighted by Gasteiger charge is -2.32. The van der Waals surface area contributed by atoms with Gasteiger partial charge in [0.25, 0.3) is 0 Å². The van der Waals surface area contributed by atoms with E-state index in [9.17, 15) is 5.11 Å². The molecule has 186 valence electrons. The Morgan fingerprint density at radius 1 is 0.943 bits per heavy atom. The maximum atomic E-state index is 9.88. The molecule has 0 fully saturated rings. The molecule has 4 rings (SSSR count). The van der Waals surface area contributed by atoms with Crippen LogP contribution >= 0.6 is 0 Å². The maximum Gasteiger partial charge on any atom is 0.120 e. The van der Waals surface area contributed by atoms with Crippen molar-refractivity contribution in [2.75, 3.05) is 31.6 Å². The lowest BCUT2D eigenvalue weighted by Crippen LogP contribution is -2.25. The highest BCUT2D eigenvalue weighted by Gasteiger charge is 2.24. The van der Waals surface area contributed by atoms with Crippen LogP contribution in [0.25, 0.3) is 0 Å². The molecule has 0 saturated heterocycles. The number of fused-ring (bicyclic) bond motifs is 1. The van der Waals surface area contributed by atoms with Crippen molar-refractivity contribution in [2.45, 2.75) is 58.4 Å². The van der Waals surface area contributed by atoms with Crippen molar-refractivity contribution < 1.29 is 9.84 Å². The highest BCUT2D eigenvalue weighted by atomic mass is 16.5. The molecule has 1 unspecified atom stereocenters. The number of ether oxygens (including phenoxy) is 1. The summed E-state index contributed by atoms with van der Waals surface area (Å²) < 4.78 is 5.62. The molecule has 3 aromatic carbocycles. The SMILES string of the molecule is CCCNCCc1ccc(CN(CC)c2cc(OC)ccc2C2CCc3cc(O)ccc3C2)cc1. The number of rotatable bonds is 11. The molecule has 1 aliphatic rings. The summed E-state index contributed by atoms with van der Waals surface area (Å²) in [6, 6.07) is 21.5. The lowest BCUT2D eigenvalue weighted by molar-refractivity contribution is 0.414. The lowest BCUT2D eigenvalue weighted by atomic mass is 9.79. The first-order valence-electron chi connectivity index (χ1n) is 13.1. The Morgan fingerprint density at radius 3 is 2.49 bits per heavy atom. The summed E-state index contributed by atoms with van der Waals surface area (Å²) in [6.45, 7) is 8.36. The third-order valence-electron chi connectivity index (χ3n) is 7.23. The highest BCUT2D eigenvalue weighted by Crippen LogP contribution is 2.40. The number of methoxy groups -OCH3 is 1. The van der Waals surface area contributed by atoms with Crippen LogP contribution in [0.15, 0.2) is 60.7 Å². The maximum absolute atomic E-state index is 9.88. The van der Waals surface area contributed by atoms with Gasteiger partial charge in [-0.2, -0.15) is 0 Å². The fourth-order valence-corrected chi connectivity index (χ4v) is 5.21. The van der Waals surface area contributed by atoms with Crippen LogP contribution in [-0.4, -0.2) is 31.9 Å². The van der Waals surface area contributed by atoms with Gasteiger partial charge in [0.15, 0.2) is 0 Å². The van der Waals surface area contributed by atoms with E-state index >= 15 is 0 Å². The molecule has 0 radical (unpaired) electrons. The Labute approximate surface area is 211 Å². The van der Waals surface area contributed by atoms with Gasteiger partial charge in [-0.1, -0.05) is 43.3 Å². The minimum atomic E-state index is 0.368. The number of benzene rings is 3. The molecule has 2 N–H and O–H groups in total. The summed E-state index contributed by atoms with van der Waals surface area (Å²) in [6.07, 6.45) is 5.34. The average Bonchev–Trinajstić information content (AvgIpc) is 2.90. The van der Waals surface area contributed by atoms with E-state index in [1.54, 1.807) is 7.11 Å². The van der Waals surface area contributed by atoms with E-state index < -0.39 is 0 Å². The second-order valence-electron chi connectivity index (χ2n) is 9.65. The Morgan fingerprint density at radius 2 is 1.74 bits per heavy atom. The van der Waals surface area contributed by atoms with Crippen LogP contribution in [0.5, 0.6) is 11.5 Å². The van der Waals surface area contributed by atoms with E-state index in [4.69, 9.17) is 4.74 Å². The first-order chi connectivity index (χ1) is 17.1. The van der Waals surface area contributed by atoms with Crippen LogP contribution in [0.4, 0.5) is 5.69 Å². The fourth-order valence-electron chi connectivity index (χ4n) is 5.21. The van der Waals surface area contributed by atoms with Crippen LogP contribution in [0.2, 0.25) is 0 Å². The van der Waals surface area contributed by atoms with E-state index in [-0.39, 0.29) is 0 Å². The van der Waals surface area contributed by atoms with Crippen molar-refractivity contribution >= 4 is 5.69 Å². The third-order valence-corrected chi connectivity index (χ3v) is 7.23. The van der Waals surface area contributed by atoms with Crippen LogP contribution in [0.3, 0.4) is 0 Å². The number of aryl methyl sites for hydroxylation is 1. The normalized spacial score (nSPS) is 15.0. The molecule has 0 saturated carbocycles. The number of nitrogens with one attached hydrogen (secondary N) is 1. The number of phenols is 1. The predicted molar refractivity (Wildman–Crippen MR) is 146 cm³/mol. The monoisotopic (exact) mass is 472 g/mol. The van der Waals surface area contributed by atoms with Gasteiger partial charge in [-0.05, 0) is 104 Å². The Kier molecular flexibility index (Phi) is 8.70. The quantitative estimate of drug-likeness (QED) is 0.324.